The van der Waals surface area contributed by atoms with Crippen molar-refractivity contribution in [3.8, 4) is 5.75 Å². The van der Waals surface area contributed by atoms with Crippen LogP contribution in [-0.2, 0) is 0 Å². The molecule has 0 spiro atoms. The summed E-state index contributed by atoms with van der Waals surface area (Å²) in [6.45, 7) is 1.35. The van der Waals surface area contributed by atoms with Crippen molar-refractivity contribution in [3.63, 3.8) is 0 Å². The lowest BCUT2D eigenvalue weighted by molar-refractivity contribution is 0.0594. The number of hydrogen-bond donors (Lipinski definition) is 0. The molecule has 2 aromatic rings. The van der Waals surface area contributed by atoms with E-state index in [4.69, 9.17) is 16.3 Å². The number of aromatic nitrogens is 1. The molecular weight excluding hydrogens is 380 g/mol. The Kier molecular flexibility index (Phi) is 5.18. The maximum atomic E-state index is 12.6. The van der Waals surface area contributed by atoms with Crippen LogP contribution in [0.25, 0.3) is 0 Å². The average molecular weight is 396 g/mol. The van der Waals surface area contributed by atoms with Crippen LogP contribution < -0.4 is 4.74 Å². The fourth-order valence-corrected chi connectivity index (χ4v) is 3.24. The number of carbonyl (C=O) groups is 1. The minimum atomic E-state index is 0.0536. The molecule has 6 heteroatoms. The van der Waals surface area contributed by atoms with Crippen molar-refractivity contribution in [2.75, 3.05) is 13.1 Å². The lowest BCUT2D eigenvalue weighted by Gasteiger charge is -2.32. The summed E-state index contributed by atoms with van der Waals surface area (Å²) >= 11 is 9.50. The number of likely N-dealkylation sites (tertiary alicyclic amines) is 1. The third-order valence-corrected chi connectivity index (χ3v) is 4.84. The summed E-state index contributed by atoms with van der Waals surface area (Å²) < 4.78 is 6.75. The van der Waals surface area contributed by atoms with Gasteiger partial charge in [0.15, 0.2) is 0 Å². The molecule has 2 heterocycles. The molecule has 3 rings (SSSR count). The highest BCUT2D eigenvalue weighted by atomic mass is 79.9. The van der Waals surface area contributed by atoms with Gasteiger partial charge in [-0.2, -0.15) is 0 Å². The molecule has 0 saturated carbocycles. The number of rotatable bonds is 3. The second-order valence-corrected chi connectivity index (χ2v) is 6.66. The fraction of sp³-hybridized carbons (Fsp3) is 0.294. The van der Waals surface area contributed by atoms with Gasteiger partial charge in [-0.1, -0.05) is 23.7 Å². The molecule has 0 aliphatic carbocycles. The number of amides is 1. The van der Waals surface area contributed by atoms with Crippen molar-refractivity contribution >= 4 is 33.4 Å². The van der Waals surface area contributed by atoms with Crippen molar-refractivity contribution in [2.24, 2.45) is 0 Å². The summed E-state index contributed by atoms with van der Waals surface area (Å²) in [7, 11) is 0. The van der Waals surface area contributed by atoms with E-state index in [0.29, 0.717) is 29.4 Å². The standard InChI is InChI=1S/C17H16BrClN2O2/c18-14-4-2-1-3-13(14)17(22)21-9-6-12(7-10-21)23-16-5-8-20-11-15(16)19/h1-5,8,11-12H,6-7,9-10H2. The van der Waals surface area contributed by atoms with Crippen LogP contribution in [0.3, 0.4) is 0 Å². The Balaban J connectivity index is 1.59. The van der Waals surface area contributed by atoms with Gasteiger partial charge in [0.2, 0.25) is 0 Å². The maximum absolute atomic E-state index is 12.6. The first-order chi connectivity index (χ1) is 11.1. The predicted molar refractivity (Wildman–Crippen MR) is 92.9 cm³/mol. The third kappa shape index (κ3) is 3.85. The molecule has 0 atom stereocenters. The number of halogens is 2. The van der Waals surface area contributed by atoms with Gasteiger partial charge in [-0.3, -0.25) is 9.78 Å². The average Bonchev–Trinajstić information content (AvgIpc) is 2.57. The third-order valence-electron chi connectivity index (χ3n) is 3.86. The van der Waals surface area contributed by atoms with Gasteiger partial charge in [-0.05, 0) is 28.1 Å². The van der Waals surface area contributed by atoms with Gasteiger partial charge >= 0.3 is 0 Å². The van der Waals surface area contributed by atoms with Crippen LogP contribution in [0.2, 0.25) is 5.02 Å². The Morgan fingerprint density at radius 2 is 2.00 bits per heavy atom. The van der Waals surface area contributed by atoms with E-state index in [9.17, 15) is 4.79 Å². The summed E-state index contributed by atoms with van der Waals surface area (Å²) in [6, 6.07) is 9.26. The van der Waals surface area contributed by atoms with Crippen molar-refractivity contribution in [3.05, 3.63) is 57.8 Å². The Morgan fingerprint density at radius 3 is 2.70 bits per heavy atom. The molecule has 1 aromatic heterocycles. The zero-order chi connectivity index (χ0) is 16.2. The molecule has 1 aliphatic heterocycles. The highest BCUT2D eigenvalue weighted by molar-refractivity contribution is 9.10. The lowest BCUT2D eigenvalue weighted by Crippen LogP contribution is -2.41. The number of hydrogen-bond acceptors (Lipinski definition) is 3. The summed E-state index contributed by atoms with van der Waals surface area (Å²) in [4.78, 5) is 18.4. The van der Waals surface area contributed by atoms with Gasteiger partial charge in [0.25, 0.3) is 5.91 Å². The van der Waals surface area contributed by atoms with E-state index in [0.717, 1.165) is 17.3 Å². The van der Waals surface area contributed by atoms with Gasteiger partial charge < -0.3 is 9.64 Å². The van der Waals surface area contributed by atoms with Crippen molar-refractivity contribution < 1.29 is 9.53 Å². The van der Waals surface area contributed by atoms with Crippen LogP contribution in [0, 0.1) is 0 Å². The van der Waals surface area contributed by atoms with Crippen LogP contribution in [0.5, 0.6) is 5.75 Å². The summed E-state index contributed by atoms with van der Waals surface area (Å²) in [5, 5.41) is 0.513. The van der Waals surface area contributed by atoms with E-state index < -0.39 is 0 Å². The van der Waals surface area contributed by atoms with Crippen LogP contribution >= 0.6 is 27.5 Å². The van der Waals surface area contributed by atoms with Crippen LogP contribution in [0.1, 0.15) is 23.2 Å². The number of carbonyl (C=O) groups excluding carboxylic acids is 1. The Hall–Kier alpha value is -1.59. The first-order valence-electron chi connectivity index (χ1n) is 7.45. The molecule has 1 saturated heterocycles. The molecule has 1 aliphatic rings. The molecule has 1 aromatic carbocycles. The molecule has 0 bridgehead atoms. The van der Waals surface area contributed by atoms with Crippen molar-refractivity contribution in [2.45, 2.75) is 18.9 Å². The van der Waals surface area contributed by atoms with Gasteiger partial charge in [-0.25, -0.2) is 0 Å². The molecule has 1 amide bonds. The quantitative estimate of drug-likeness (QED) is 0.783. The SMILES string of the molecule is O=C(c1ccccc1Br)N1CCC(Oc2ccncc2Cl)CC1. The molecule has 23 heavy (non-hydrogen) atoms. The van der Waals surface area contributed by atoms with Crippen LogP contribution in [0.4, 0.5) is 0 Å². The van der Waals surface area contributed by atoms with Crippen LogP contribution in [-0.4, -0.2) is 35.0 Å². The molecule has 0 radical (unpaired) electrons. The van der Waals surface area contributed by atoms with E-state index >= 15 is 0 Å². The van der Waals surface area contributed by atoms with E-state index in [1.807, 2.05) is 29.2 Å². The molecule has 1 fully saturated rings. The van der Waals surface area contributed by atoms with Crippen molar-refractivity contribution in [1.29, 1.82) is 0 Å². The zero-order valence-corrected chi connectivity index (χ0v) is 14.8. The van der Waals surface area contributed by atoms with E-state index in [1.54, 1.807) is 18.5 Å². The number of pyridine rings is 1. The summed E-state index contributed by atoms with van der Waals surface area (Å²) in [5.74, 6) is 0.704. The van der Waals surface area contributed by atoms with Crippen LogP contribution in [0.15, 0.2) is 47.2 Å². The van der Waals surface area contributed by atoms with E-state index in [2.05, 4.69) is 20.9 Å². The highest BCUT2D eigenvalue weighted by Gasteiger charge is 2.25. The van der Waals surface area contributed by atoms with Gasteiger partial charge in [0.05, 0.1) is 5.56 Å². The first kappa shape index (κ1) is 16.3. The van der Waals surface area contributed by atoms with Crippen molar-refractivity contribution in [1.82, 2.24) is 9.88 Å². The second kappa shape index (κ2) is 7.32. The second-order valence-electron chi connectivity index (χ2n) is 5.40. The topological polar surface area (TPSA) is 42.4 Å². The normalized spacial score (nSPS) is 15.5. The minimum Gasteiger partial charge on any atom is -0.489 e. The molecule has 4 nitrogen and oxygen atoms in total. The number of benzene rings is 1. The smallest absolute Gasteiger partial charge is 0.255 e. The Bertz CT molecular complexity index is 702. The van der Waals surface area contributed by atoms with Gasteiger partial charge in [0.1, 0.15) is 16.9 Å². The Morgan fingerprint density at radius 1 is 1.26 bits per heavy atom. The lowest BCUT2D eigenvalue weighted by atomic mass is 10.1. The minimum absolute atomic E-state index is 0.0536. The van der Waals surface area contributed by atoms with E-state index in [-0.39, 0.29) is 12.0 Å². The number of ether oxygens (including phenoxy) is 1. The van der Waals surface area contributed by atoms with E-state index in [1.165, 1.54) is 0 Å². The number of piperidine rings is 1. The first-order valence-corrected chi connectivity index (χ1v) is 8.62. The Labute approximate surface area is 148 Å². The summed E-state index contributed by atoms with van der Waals surface area (Å²) in [5.41, 5.74) is 0.698. The largest absolute Gasteiger partial charge is 0.489 e. The molecule has 120 valence electrons. The summed E-state index contributed by atoms with van der Waals surface area (Å²) in [6.07, 6.45) is 4.87. The molecule has 0 unspecified atom stereocenters. The number of nitrogens with zero attached hydrogens (tertiary/aromatic N) is 2. The predicted octanol–water partition coefficient (Wildman–Crippen LogP) is 4.18. The maximum Gasteiger partial charge on any atom is 0.255 e. The highest BCUT2D eigenvalue weighted by Crippen LogP contribution is 2.27. The van der Waals surface area contributed by atoms with Gasteiger partial charge in [-0.15, -0.1) is 0 Å². The van der Waals surface area contributed by atoms with Gasteiger partial charge in [0, 0.05) is 48.9 Å². The molecule has 0 N–H and O–H groups in total. The monoisotopic (exact) mass is 394 g/mol. The fourth-order valence-electron chi connectivity index (χ4n) is 2.62. The molecular formula is C17H16BrClN2O2. The zero-order valence-electron chi connectivity index (χ0n) is 12.4.